The SMILES string of the molecule is O=C(/C=C/c1ccc(F)cc1)Nc1ccc2c(c1)N(CCOc1ccc(Cl)cc1)C(=O)CO2. The molecule has 3 aromatic rings. The lowest BCUT2D eigenvalue weighted by Gasteiger charge is -2.29. The Balaban J connectivity index is 1.41. The smallest absolute Gasteiger partial charge is 0.265 e. The lowest BCUT2D eigenvalue weighted by Crippen LogP contribution is -2.41. The molecule has 0 atom stereocenters. The molecule has 8 heteroatoms. The normalized spacial score (nSPS) is 12.9. The van der Waals surface area contributed by atoms with Crippen molar-refractivity contribution >= 4 is 40.9 Å². The van der Waals surface area contributed by atoms with Crippen LogP contribution in [0.5, 0.6) is 11.5 Å². The van der Waals surface area contributed by atoms with Crippen LogP contribution in [-0.2, 0) is 9.59 Å². The standard InChI is InChI=1S/C25H20ClFN2O4/c26-18-4-9-21(10-5-18)32-14-13-29-22-15-20(8-11-23(22)33-16-25(29)31)28-24(30)12-3-17-1-6-19(27)7-2-17/h1-12,15H,13-14,16H2,(H,28,30)/b12-3+. The first kappa shape index (κ1) is 22.4. The minimum Gasteiger partial charge on any atom is -0.492 e. The second-order valence-electron chi connectivity index (χ2n) is 7.19. The Morgan fingerprint density at radius 3 is 2.64 bits per heavy atom. The average molecular weight is 467 g/mol. The molecular formula is C25H20ClFN2O4. The molecule has 0 bridgehead atoms. The molecular weight excluding hydrogens is 447 g/mol. The van der Waals surface area contributed by atoms with E-state index in [0.29, 0.717) is 40.0 Å². The number of anilines is 2. The second-order valence-corrected chi connectivity index (χ2v) is 7.63. The maximum Gasteiger partial charge on any atom is 0.265 e. The average Bonchev–Trinajstić information content (AvgIpc) is 2.81. The van der Waals surface area contributed by atoms with E-state index in [1.165, 1.54) is 18.2 Å². The van der Waals surface area contributed by atoms with Gasteiger partial charge in [-0.15, -0.1) is 0 Å². The highest BCUT2D eigenvalue weighted by Gasteiger charge is 2.26. The Labute approximate surface area is 195 Å². The fraction of sp³-hybridized carbons (Fsp3) is 0.120. The molecule has 1 N–H and O–H groups in total. The summed E-state index contributed by atoms with van der Waals surface area (Å²) in [5, 5.41) is 3.37. The van der Waals surface area contributed by atoms with E-state index in [0.717, 1.165) is 0 Å². The first-order valence-corrected chi connectivity index (χ1v) is 10.6. The summed E-state index contributed by atoms with van der Waals surface area (Å²) in [4.78, 5) is 26.3. The zero-order valence-corrected chi connectivity index (χ0v) is 18.2. The van der Waals surface area contributed by atoms with E-state index in [4.69, 9.17) is 21.1 Å². The maximum absolute atomic E-state index is 13.0. The van der Waals surface area contributed by atoms with Gasteiger partial charge in [0.15, 0.2) is 6.61 Å². The molecule has 0 saturated carbocycles. The number of fused-ring (bicyclic) bond motifs is 1. The summed E-state index contributed by atoms with van der Waals surface area (Å²) in [5.74, 6) is 0.280. The second kappa shape index (κ2) is 10.2. The third-order valence-electron chi connectivity index (χ3n) is 4.86. The molecule has 0 spiro atoms. The van der Waals surface area contributed by atoms with Crippen molar-refractivity contribution in [3.63, 3.8) is 0 Å². The van der Waals surface area contributed by atoms with Gasteiger partial charge in [-0.3, -0.25) is 9.59 Å². The van der Waals surface area contributed by atoms with Gasteiger partial charge >= 0.3 is 0 Å². The van der Waals surface area contributed by atoms with Crippen LogP contribution >= 0.6 is 11.6 Å². The van der Waals surface area contributed by atoms with Crippen molar-refractivity contribution in [2.24, 2.45) is 0 Å². The van der Waals surface area contributed by atoms with Crippen LogP contribution in [-0.4, -0.2) is 31.6 Å². The molecule has 3 aromatic carbocycles. The number of nitrogens with zero attached hydrogens (tertiary/aromatic N) is 1. The van der Waals surface area contributed by atoms with Crippen LogP contribution in [0.3, 0.4) is 0 Å². The quantitative estimate of drug-likeness (QED) is 0.501. The van der Waals surface area contributed by atoms with E-state index in [1.54, 1.807) is 65.6 Å². The molecule has 0 saturated heterocycles. The van der Waals surface area contributed by atoms with Crippen LogP contribution in [0.1, 0.15) is 5.56 Å². The molecule has 168 valence electrons. The van der Waals surface area contributed by atoms with Crippen molar-refractivity contribution < 1.29 is 23.5 Å². The zero-order chi connectivity index (χ0) is 23.2. The first-order chi connectivity index (χ1) is 16.0. The number of benzene rings is 3. The molecule has 0 radical (unpaired) electrons. The van der Waals surface area contributed by atoms with Gasteiger partial charge in [0.05, 0.1) is 12.2 Å². The molecule has 33 heavy (non-hydrogen) atoms. The Morgan fingerprint density at radius 2 is 1.88 bits per heavy atom. The van der Waals surface area contributed by atoms with Crippen molar-refractivity contribution in [3.05, 3.63) is 89.2 Å². The van der Waals surface area contributed by atoms with E-state index >= 15 is 0 Å². The van der Waals surface area contributed by atoms with Gasteiger partial charge in [-0.25, -0.2) is 4.39 Å². The first-order valence-electron chi connectivity index (χ1n) is 10.2. The van der Waals surface area contributed by atoms with Crippen molar-refractivity contribution in [2.75, 3.05) is 30.0 Å². The van der Waals surface area contributed by atoms with Crippen LogP contribution < -0.4 is 19.7 Å². The number of amides is 2. The van der Waals surface area contributed by atoms with E-state index in [2.05, 4.69) is 5.32 Å². The summed E-state index contributed by atoms with van der Waals surface area (Å²) < 4.78 is 24.2. The highest BCUT2D eigenvalue weighted by atomic mass is 35.5. The van der Waals surface area contributed by atoms with Crippen molar-refractivity contribution in [3.8, 4) is 11.5 Å². The third kappa shape index (κ3) is 5.90. The Bertz CT molecular complexity index is 1180. The molecule has 0 aliphatic carbocycles. The third-order valence-corrected chi connectivity index (χ3v) is 5.12. The molecule has 1 heterocycles. The minimum absolute atomic E-state index is 0.0694. The summed E-state index contributed by atoms with van der Waals surface area (Å²) in [6.07, 6.45) is 2.94. The maximum atomic E-state index is 13.0. The number of halogens is 2. The number of rotatable bonds is 7. The van der Waals surface area contributed by atoms with E-state index in [-0.39, 0.29) is 30.8 Å². The molecule has 0 unspecified atom stereocenters. The summed E-state index contributed by atoms with van der Waals surface area (Å²) >= 11 is 5.88. The van der Waals surface area contributed by atoms with Crippen LogP contribution in [0.4, 0.5) is 15.8 Å². The molecule has 6 nitrogen and oxygen atoms in total. The predicted octanol–water partition coefficient (Wildman–Crippen LogP) is 4.94. The number of carbonyl (C=O) groups is 2. The summed E-state index contributed by atoms with van der Waals surface area (Å²) in [5.41, 5.74) is 1.75. The summed E-state index contributed by atoms with van der Waals surface area (Å²) in [6.45, 7) is 0.504. The van der Waals surface area contributed by atoms with Crippen molar-refractivity contribution in [1.29, 1.82) is 0 Å². The van der Waals surface area contributed by atoms with Gasteiger partial charge in [0.25, 0.3) is 5.91 Å². The lowest BCUT2D eigenvalue weighted by molar-refractivity contribution is -0.121. The molecule has 0 fully saturated rings. The number of carbonyl (C=O) groups excluding carboxylic acids is 2. The van der Waals surface area contributed by atoms with Gasteiger partial charge in [-0.2, -0.15) is 0 Å². The van der Waals surface area contributed by atoms with Gasteiger partial charge in [0, 0.05) is 16.8 Å². The highest BCUT2D eigenvalue weighted by Crippen LogP contribution is 2.34. The fourth-order valence-electron chi connectivity index (χ4n) is 3.24. The Hall–Kier alpha value is -3.84. The topological polar surface area (TPSA) is 67.9 Å². The molecule has 0 aromatic heterocycles. The van der Waals surface area contributed by atoms with Gasteiger partial charge in [-0.1, -0.05) is 23.7 Å². The van der Waals surface area contributed by atoms with Crippen LogP contribution in [0, 0.1) is 5.82 Å². The van der Waals surface area contributed by atoms with Gasteiger partial charge in [-0.05, 0) is 66.2 Å². The van der Waals surface area contributed by atoms with Crippen LogP contribution in [0.2, 0.25) is 5.02 Å². The van der Waals surface area contributed by atoms with E-state index < -0.39 is 0 Å². The molecule has 1 aliphatic heterocycles. The van der Waals surface area contributed by atoms with Gasteiger partial charge in [0.1, 0.15) is 23.9 Å². The molecule has 1 aliphatic rings. The number of hydrogen-bond donors (Lipinski definition) is 1. The van der Waals surface area contributed by atoms with Crippen LogP contribution in [0.25, 0.3) is 6.08 Å². The van der Waals surface area contributed by atoms with Crippen LogP contribution in [0.15, 0.2) is 72.8 Å². The highest BCUT2D eigenvalue weighted by molar-refractivity contribution is 6.30. The monoisotopic (exact) mass is 466 g/mol. The summed E-state index contributed by atoms with van der Waals surface area (Å²) in [6, 6.07) is 17.8. The van der Waals surface area contributed by atoms with Gasteiger partial charge < -0.3 is 19.7 Å². The number of ether oxygens (including phenoxy) is 2. The predicted molar refractivity (Wildman–Crippen MR) is 125 cm³/mol. The van der Waals surface area contributed by atoms with Crippen molar-refractivity contribution in [1.82, 2.24) is 0 Å². The van der Waals surface area contributed by atoms with Crippen molar-refractivity contribution in [2.45, 2.75) is 0 Å². The van der Waals surface area contributed by atoms with E-state index in [1.807, 2.05) is 0 Å². The molecule has 2 amide bonds. The van der Waals surface area contributed by atoms with E-state index in [9.17, 15) is 14.0 Å². The minimum atomic E-state index is -0.361. The molecule has 4 rings (SSSR count). The lowest BCUT2D eigenvalue weighted by atomic mass is 10.2. The summed E-state index contributed by atoms with van der Waals surface area (Å²) in [7, 11) is 0. The zero-order valence-electron chi connectivity index (χ0n) is 17.5. The largest absolute Gasteiger partial charge is 0.492 e. The number of nitrogens with one attached hydrogen (secondary N) is 1. The Morgan fingerprint density at radius 1 is 1.12 bits per heavy atom. The Kier molecular flexibility index (Phi) is 6.90. The number of hydrogen-bond acceptors (Lipinski definition) is 4. The van der Waals surface area contributed by atoms with Gasteiger partial charge in [0.2, 0.25) is 5.91 Å². The fourth-order valence-corrected chi connectivity index (χ4v) is 3.37.